The van der Waals surface area contributed by atoms with Crippen molar-refractivity contribution in [3.63, 3.8) is 0 Å². The third-order valence-electron chi connectivity index (χ3n) is 3.21. The molecular formula is C15H14N2O3S2. The lowest BCUT2D eigenvalue weighted by molar-refractivity contribution is 0.601. The summed E-state index contributed by atoms with van der Waals surface area (Å²) in [6.45, 7) is 0. The molecule has 1 aromatic carbocycles. The maximum absolute atomic E-state index is 12.4. The number of imidazole rings is 1. The van der Waals surface area contributed by atoms with Crippen molar-refractivity contribution in [1.29, 1.82) is 0 Å². The number of fused-ring (bicyclic) bond motifs is 1. The molecule has 0 saturated heterocycles. The number of sulfone groups is 1. The van der Waals surface area contributed by atoms with Crippen molar-refractivity contribution in [2.24, 2.45) is 0 Å². The van der Waals surface area contributed by atoms with Crippen molar-refractivity contribution < 1.29 is 12.6 Å². The predicted molar refractivity (Wildman–Crippen MR) is 84.9 cm³/mol. The van der Waals surface area contributed by atoms with Crippen molar-refractivity contribution >= 4 is 26.3 Å². The zero-order valence-corrected chi connectivity index (χ0v) is 13.5. The van der Waals surface area contributed by atoms with Crippen LogP contribution < -0.4 is 0 Å². The number of benzene rings is 1. The van der Waals surface area contributed by atoms with Gasteiger partial charge in [0.2, 0.25) is 0 Å². The van der Waals surface area contributed by atoms with Crippen LogP contribution >= 0.6 is 0 Å². The predicted octanol–water partition coefficient (Wildman–Crippen LogP) is 2.05. The molecule has 0 saturated carbocycles. The lowest BCUT2D eigenvalue weighted by atomic mass is 10.4. The molecule has 0 N–H and O–H groups in total. The van der Waals surface area contributed by atoms with Crippen LogP contribution in [0.15, 0.2) is 64.6 Å². The SMILES string of the molecule is CS(=O)(=O)c1ccc([S@](=O)Cc2cn3ccccc3n2)cc1. The van der Waals surface area contributed by atoms with Gasteiger partial charge in [-0.25, -0.2) is 13.4 Å². The van der Waals surface area contributed by atoms with Crippen LogP contribution in [0, 0.1) is 0 Å². The second kappa shape index (κ2) is 5.66. The van der Waals surface area contributed by atoms with E-state index in [4.69, 9.17) is 0 Å². The fourth-order valence-electron chi connectivity index (χ4n) is 2.11. The summed E-state index contributed by atoms with van der Waals surface area (Å²) in [7, 11) is -4.50. The summed E-state index contributed by atoms with van der Waals surface area (Å²) in [5.41, 5.74) is 1.54. The Morgan fingerprint density at radius 1 is 1.14 bits per heavy atom. The molecule has 0 unspecified atom stereocenters. The Morgan fingerprint density at radius 3 is 2.50 bits per heavy atom. The topological polar surface area (TPSA) is 68.5 Å². The normalized spacial score (nSPS) is 13.3. The van der Waals surface area contributed by atoms with Gasteiger partial charge in [0.05, 0.1) is 27.1 Å². The average molecular weight is 334 g/mol. The molecule has 3 rings (SSSR count). The van der Waals surface area contributed by atoms with Gasteiger partial charge in [-0.2, -0.15) is 0 Å². The monoisotopic (exact) mass is 334 g/mol. The molecule has 0 aliphatic carbocycles. The zero-order valence-electron chi connectivity index (χ0n) is 11.8. The molecular weight excluding hydrogens is 320 g/mol. The smallest absolute Gasteiger partial charge is 0.175 e. The van der Waals surface area contributed by atoms with Crippen LogP contribution in [0.4, 0.5) is 0 Å². The van der Waals surface area contributed by atoms with E-state index in [1.54, 1.807) is 12.1 Å². The van der Waals surface area contributed by atoms with Gasteiger partial charge in [0.15, 0.2) is 9.84 Å². The Hall–Kier alpha value is -1.99. The van der Waals surface area contributed by atoms with E-state index < -0.39 is 20.6 Å². The van der Waals surface area contributed by atoms with Gasteiger partial charge in [0.25, 0.3) is 0 Å². The van der Waals surface area contributed by atoms with Gasteiger partial charge in [-0.1, -0.05) is 6.07 Å². The quantitative estimate of drug-likeness (QED) is 0.732. The molecule has 0 amide bonds. The molecule has 22 heavy (non-hydrogen) atoms. The summed E-state index contributed by atoms with van der Waals surface area (Å²) in [5, 5.41) is 0. The lowest BCUT2D eigenvalue weighted by Crippen LogP contribution is -2.00. The van der Waals surface area contributed by atoms with Crippen LogP contribution in [-0.4, -0.2) is 28.3 Å². The Morgan fingerprint density at radius 2 is 1.86 bits per heavy atom. The zero-order chi connectivity index (χ0) is 15.7. The van der Waals surface area contributed by atoms with Gasteiger partial charge < -0.3 is 4.40 Å². The van der Waals surface area contributed by atoms with E-state index in [9.17, 15) is 12.6 Å². The van der Waals surface area contributed by atoms with Crippen LogP contribution in [0.2, 0.25) is 0 Å². The summed E-state index contributed by atoms with van der Waals surface area (Å²) in [4.78, 5) is 5.22. The third-order valence-corrected chi connectivity index (χ3v) is 5.69. The van der Waals surface area contributed by atoms with E-state index in [-0.39, 0.29) is 4.90 Å². The van der Waals surface area contributed by atoms with Crippen molar-refractivity contribution in [3.8, 4) is 0 Å². The maximum atomic E-state index is 12.4. The molecule has 0 aliphatic rings. The Balaban J connectivity index is 1.82. The van der Waals surface area contributed by atoms with Crippen LogP contribution in [0.25, 0.3) is 5.65 Å². The van der Waals surface area contributed by atoms with Crippen molar-refractivity contribution in [2.75, 3.05) is 6.26 Å². The highest BCUT2D eigenvalue weighted by molar-refractivity contribution is 7.90. The Labute approximate surface area is 131 Å². The fourth-order valence-corrected chi connectivity index (χ4v) is 3.76. The number of hydrogen-bond acceptors (Lipinski definition) is 4. The third kappa shape index (κ3) is 3.10. The highest BCUT2D eigenvalue weighted by Crippen LogP contribution is 2.16. The highest BCUT2D eigenvalue weighted by atomic mass is 32.2. The number of rotatable bonds is 4. The van der Waals surface area contributed by atoms with Gasteiger partial charge in [-0.15, -0.1) is 0 Å². The van der Waals surface area contributed by atoms with Gasteiger partial charge in [0, 0.05) is 23.5 Å². The number of aromatic nitrogens is 2. The standard InChI is InChI=1S/C15H14N2O3S2/c1-22(19,20)14-7-5-13(6-8-14)21(18)11-12-10-17-9-3-2-4-15(17)16-12/h2-10H,11H2,1H3/t21-/m1/s1. The van der Waals surface area contributed by atoms with E-state index in [0.29, 0.717) is 10.6 Å². The van der Waals surface area contributed by atoms with Gasteiger partial charge >= 0.3 is 0 Å². The highest BCUT2D eigenvalue weighted by Gasteiger charge is 2.11. The molecule has 5 nitrogen and oxygen atoms in total. The first kappa shape index (κ1) is 14.9. The van der Waals surface area contributed by atoms with Crippen LogP contribution in [0.3, 0.4) is 0 Å². The molecule has 2 aromatic heterocycles. The van der Waals surface area contributed by atoms with Crippen LogP contribution in [0.1, 0.15) is 5.69 Å². The van der Waals surface area contributed by atoms with Crippen LogP contribution in [0.5, 0.6) is 0 Å². The Kier molecular flexibility index (Phi) is 3.84. The van der Waals surface area contributed by atoms with Crippen LogP contribution in [-0.2, 0) is 26.4 Å². The second-order valence-electron chi connectivity index (χ2n) is 4.93. The molecule has 0 radical (unpaired) electrons. The van der Waals surface area contributed by atoms with Crippen molar-refractivity contribution in [3.05, 3.63) is 60.6 Å². The first-order valence-corrected chi connectivity index (χ1v) is 9.76. The van der Waals surface area contributed by atoms with E-state index in [1.165, 1.54) is 12.1 Å². The molecule has 114 valence electrons. The molecule has 0 aliphatic heterocycles. The summed E-state index contributed by atoms with van der Waals surface area (Å²) < 4.78 is 37.1. The number of pyridine rings is 1. The summed E-state index contributed by atoms with van der Waals surface area (Å²) in [5.74, 6) is 0.292. The first-order chi connectivity index (χ1) is 10.4. The molecule has 3 aromatic rings. The van der Waals surface area contributed by atoms with Gasteiger partial charge in [-0.05, 0) is 36.4 Å². The summed E-state index contributed by atoms with van der Waals surface area (Å²) >= 11 is 0. The van der Waals surface area contributed by atoms with E-state index in [2.05, 4.69) is 4.98 Å². The second-order valence-corrected chi connectivity index (χ2v) is 8.40. The molecule has 2 heterocycles. The largest absolute Gasteiger partial charge is 0.307 e. The van der Waals surface area contributed by atoms with E-state index in [0.717, 1.165) is 17.6 Å². The lowest BCUT2D eigenvalue weighted by Gasteiger charge is -2.02. The van der Waals surface area contributed by atoms with E-state index in [1.807, 2.05) is 35.0 Å². The van der Waals surface area contributed by atoms with E-state index >= 15 is 0 Å². The fraction of sp³-hybridized carbons (Fsp3) is 0.133. The molecule has 1 atom stereocenters. The first-order valence-electron chi connectivity index (χ1n) is 6.54. The van der Waals surface area contributed by atoms with Crippen molar-refractivity contribution in [1.82, 2.24) is 9.38 Å². The molecule has 0 fully saturated rings. The number of hydrogen-bond donors (Lipinski definition) is 0. The molecule has 0 spiro atoms. The van der Waals surface area contributed by atoms with Crippen molar-refractivity contribution in [2.45, 2.75) is 15.5 Å². The van der Waals surface area contributed by atoms with Gasteiger partial charge in [-0.3, -0.25) is 4.21 Å². The molecule has 0 bridgehead atoms. The summed E-state index contributed by atoms with van der Waals surface area (Å²) in [6.07, 6.45) is 4.88. The minimum atomic E-state index is -3.24. The minimum Gasteiger partial charge on any atom is -0.307 e. The minimum absolute atomic E-state index is 0.223. The number of nitrogens with zero attached hydrogens (tertiary/aromatic N) is 2. The molecule has 7 heteroatoms. The Bertz CT molecular complexity index is 911. The summed E-state index contributed by atoms with van der Waals surface area (Å²) in [6, 6.07) is 11.8. The maximum Gasteiger partial charge on any atom is 0.175 e. The van der Waals surface area contributed by atoms with Gasteiger partial charge in [0.1, 0.15) is 5.65 Å². The average Bonchev–Trinajstić information content (AvgIpc) is 2.88.